The first kappa shape index (κ1) is 10.5. The highest BCUT2D eigenvalue weighted by atomic mass is 14.3. The molecule has 0 unspecified atom stereocenters. The Hall–Kier alpha value is -1.63. The van der Waals surface area contributed by atoms with E-state index in [4.69, 9.17) is 5.41 Å². The van der Waals surface area contributed by atoms with E-state index in [1.54, 1.807) is 6.08 Å². The Bertz CT molecular complexity index is 334. The molecule has 1 aromatic rings. The highest BCUT2D eigenvalue weighted by Gasteiger charge is 1.93. The van der Waals surface area contributed by atoms with Gasteiger partial charge in [-0.1, -0.05) is 42.5 Å². The van der Waals surface area contributed by atoms with Crippen LogP contribution in [0.25, 0.3) is 0 Å². The lowest BCUT2D eigenvalue weighted by molar-refractivity contribution is 1.19. The minimum Gasteiger partial charge on any atom is -0.309 e. The summed E-state index contributed by atoms with van der Waals surface area (Å²) in [6, 6.07) is 10.3. The lowest BCUT2D eigenvalue weighted by atomic mass is 10.0. The van der Waals surface area contributed by atoms with Crippen LogP contribution in [0, 0.1) is 5.41 Å². The van der Waals surface area contributed by atoms with Gasteiger partial charge in [0.05, 0.1) is 0 Å². The number of hydrogen-bond acceptors (Lipinski definition) is 1. The summed E-state index contributed by atoms with van der Waals surface area (Å²) >= 11 is 0. The highest BCUT2D eigenvalue weighted by molar-refractivity contribution is 5.68. The molecule has 14 heavy (non-hydrogen) atoms. The number of allylic oxidation sites excluding steroid dienone is 4. The monoisotopic (exact) mass is 185 g/mol. The molecule has 1 N–H and O–H groups in total. The Morgan fingerprint density at radius 2 is 2.00 bits per heavy atom. The third-order valence-corrected chi connectivity index (χ3v) is 2.03. The van der Waals surface area contributed by atoms with E-state index in [0.717, 1.165) is 6.42 Å². The average molecular weight is 185 g/mol. The van der Waals surface area contributed by atoms with Crippen molar-refractivity contribution in [2.45, 2.75) is 13.3 Å². The Morgan fingerprint density at radius 3 is 2.57 bits per heavy atom. The topological polar surface area (TPSA) is 23.9 Å². The van der Waals surface area contributed by atoms with Crippen LogP contribution in [0.1, 0.15) is 12.5 Å². The molecule has 0 heterocycles. The molecule has 1 rings (SSSR count). The second-order valence-corrected chi connectivity index (χ2v) is 3.05. The Kier molecular flexibility index (Phi) is 4.42. The first-order valence-electron chi connectivity index (χ1n) is 4.73. The van der Waals surface area contributed by atoms with E-state index in [1.165, 1.54) is 17.4 Å². The van der Waals surface area contributed by atoms with Crippen LogP contribution < -0.4 is 0 Å². The molecule has 0 fully saturated rings. The zero-order chi connectivity index (χ0) is 10.2. The van der Waals surface area contributed by atoms with Gasteiger partial charge in [0, 0.05) is 6.21 Å². The molecule has 0 amide bonds. The quantitative estimate of drug-likeness (QED) is 0.549. The number of hydrogen-bond donors (Lipinski definition) is 1. The normalized spacial score (nSPS) is 11.9. The lowest BCUT2D eigenvalue weighted by Gasteiger charge is -2.01. The van der Waals surface area contributed by atoms with E-state index in [9.17, 15) is 0 Å². The summed E-state index contributed by atoms with van der Waals surface area (Å²) in [5.74, 6) is 0. The summed E-state index contributed by atoms with van der Waals surface area (Å²) in [6.07, 6.45) is 8.03. The summed E-state index contributed by atoms with van der Waals surface area (Å²) in [7, 11) is 0. The van der Waals surface area contributed by atoms with Gasteiger partial charge >= 0.3 is 0 Å². The van der Waals surface area contributed by atoms with E-state index in [0.29, 0.717) is 0 Å². The van der Waals surface area contributed by atoms with Gasteiger partial charge in [-0.2, -0.15) is 0 Å². The van der Waals surface area contributed by atoms with Crippen LogP contribution in [0.2, 0.25) is 0 Å². The van der Waals surface area contributed by atoms with E-state index in [2.05, 4.69) is 18.2 Å². The van der Waals surface area contributed by atoms with Gasteiger partial charge in [-0.05, 0) is 30.6 Å². The standard InChI is InChI=1S/C13H15N/c1-2-12(9-6-10-14)11-13-7-4-3-5-8-13/h2-10,14H,11H2,1H3/b9-6-,12-2+,14-10?. The second kappa shape index (κ2) is 5.92. The van der Waals surface area contributed by atoms with Gasteiger partial charge in [0.15, 0.2) is 0 Å². The van der Waals surface area contributed by atoms with Crippen molar-refractivity contribution in [3.63, 3.8) is 0 Å². The Balaban J connectivity index is 2.67. The molecule has 0 spiro atoms. The molecule has 1 aromatic carbocycles. The van der Waals surface area contributed by atoms with Crippen molar-refractivity contribution in [3.8, 4) is 0 Å². The summed E-state index contributed by atoms with van der Waals surface area (Å²) < 4.78 is 0. The van der Waals surface area contributed by atoms with Crippen molar-refractivity contribution in [2.75, 3.05) is 0 Å². The summed E-state index contributed by atoms with van der Waals surface area (Å²) in [6.45, 7) is 2.02. The maximum atomic E-state index is 6.91. The maximum absolute atomic E-state index is 6.91. The number of benzene rings is 1. The fourth-order valence-electron chi connectivity index (χ4n) is 1.26. The molecule has 0 aliphatic rings. The molecule has 1 heteroatoms. The fourth-order valence-corrected chi connectivity index (χ4v) is 1.26. The molecule has 0 aliphatic carbocycles. The molecule has 0 radical (unpaired) electrons. The van der Waals surface area contributed by atoms with Crippen LogP contribution in [0.15, 0.2) is 54.1 Å². The molecule has 0 saturated heterocycles. The predicted molar refractivity (Wildman–Crippen MR) is 61.8 cm³/mol. The Labute approximate surface area is 85.3 Å². The van der Waals surface area contributed by atoms with Crippen molar-refractivity contribution in [1.29, 1.82) is 5.41 Å². The highest BCUT2D eigenvalue weighted by Crippen LogP contribution is 2.08. The van der Waals surface area contributed by atoms with Crippen LogP contribution in [0.3, 0.4) is 0 Å². The van der Waals surface area contributed by atoms with Crippen molar-refractivity contribution in [3.05, 3.63) is 59.7 Å². The van der Waals surface area contributed by atoms with Gasteiger partial charge in [-0.3, -0.25) is 0 Å². The first-order valence-corrected chi connectivity index (χ1v) is 4.73. The van der Waals surface area contributed by atoms with Gasteiger partial charge in [0.25, 0.3) is 0 Å². The molecule has 0 saturated carbocycles. The molecule has 72 valence electrons. The van der Waals surface area contributed by atoms with Crippen molar-refractivity contribution in [1.82, 2.24) is 0 Å². The van der Waals surface area contributed by atoms with Crippen LogP contribution >= 0.6 is 0 Å². The van der Waals surface area contributed by atoms with Gasteiger partial charge in [-0.15, -0.1) is 0 Å². The van der Waals surface area contributed by atoms with Crippen LogP contribution in [-0.2, 0) is 6.42 Å². The SMILES string of the molecule is C/C=C(\C=C/C=N)Cc1ccccc1. The third kappa shape index (κ3) is 3.40. The number of rotatable bonds is 4. The van der Waals surface area contributed by atoms with Gasteiger partial charge in [0.2, 0.25) is 0 Å². The molecule has 0 aromatic heterocycles. The zero-order valence-electron chi connectivity index (χ0n) is 8.40. The van der Waals surface area contributed by atoms with E-state index in [-0.39, 0.29) is 0 Å². The van der Waals surface area contributed by atoms with Gasteiger partial charge in [0.1, 0.15) is 0 Å². The van der Waals surface area contributed by atoms with E-state index < -0.39 is 0 Å². The van der Waals surface area contributed by atoms with Gasteiger partial charge in [-0.25, -0.2) is 0 Å². The third-order valence-electron chi connectivity index (χ3n) is 2.03. The molecule has 0 bridgehead atoms. The van der Waals surface area contributed by atoms with Crippen LogP contribution in [-0.4, -0.2) is 6.21 Å². The Morgan fingerprint density at radius 1 is 1.29 bits per heavy atom. The lowest BCUT2D eigenvalue weighted by Crippen LogP contribution is -1.86. The molecule has 0 atom stereocenters. The van der Waals surface area contributed by atoms with Crippen molar-refractivity contribution >= 4 is 6.21 Å². The first-order chi connectivity index (χ1) is 6.86. The molecule has 1 nitrogen and oxygen atoms in total. The van der Waals surface area contributed by atoms with Gasteiger partial charge < -0.3 is 5.41 Å². The predicted octanol–water partition coefficient (Wildman–Crippen LogP) is 3.38. The summed E-state index contributed by atoms with van der Waals surface area (Å²) in [5, 5.41) is 6.91. The maximum Gasteiger partial charge on any atom is 0.0177 e. The fraction of sp³-hybridized carbons (Fsp3) is 0.154. The number of nitrogens with one attached hydrogen (secondary N) is 1. The van der Waals surface area contributed by atoms with Crippen molar-refractivity contribution in [2.24, 2.45) is 0 Å². The summed E-state index contributed by atoms with van der Waals surface area (Å²) in [4.78, 5) is 0. The van der Waals surface area contributed by atoms with E-state index >= 15 is 0 Å². The van der Waals surface area contributed by atoms with E-state index in [1.807, 2.05) is 31.2 Å². The largest absolute Gasteiger partial charge is 0.309 e. The summed E-state index contributed by atoms with van der Waals surface area (Å²) in [5.41, 5.74) is 2.54. The smallest absolute Gasteiger partial charge is 0.0177 e. The van der Waals surface area contributed by atoms with Crippen molar-refractivity contribution < 1.29 is 0 Å². The molecular formula is C13H15N. The molecule has 0 aliphatic heterocycles. The zero-order valence-corrected chi connectivity index (χ0v) is 8.40. The minimum absolute atomic E-state index is 0.932. The van der Waals surface area contributed by atoms with Crippen LogP contribution in [0.5, 0.6) is 0 Å². The minimum atomic E-state index is 0.932. The molecular weight excluding hydrogens is 170 g/mol. The average Bonchev–Trinajstić information content (AvgIpc) is 2.25. The second-order valence-electron chi connectivity index (χ2n) is 3.05. The van der Waals surface area contributed by atoms with Crippen LogP contribution in [0.4, 0.5) is 0 Å².